The largest absolute Gasteiger partial charge is 0.357 e. The maximum atomic E-state index is 4.82. The van der Waals surface area contributed by atoms with Crippen molar-refractivity contribution in [1.82, 2.24) is 20.4 Å². The fourth-order valence-electron chi connectivity index (χ4n) is 4.01. The standard InChI is InChI=1S/C20H41N5.HI/c1-4-21-20(22-11-7-10-19-8-5-6-9-19)23-16-18(2)17-25-14-12-24(3)13-15-25;/h18-19H,4-17H2,1-3H3,(H2,21,22,23);1H. The summed E-state index contributed by atoms with van der Waals surface area (Å²) in [6.07, 6.45) is 8.47. The SMILES string of the molecule is CCNC(=NCC(C)CN1CCN(C)CC1)NCCCC1CCCC1.I. The van der Waals surface area contributed by atoms with E-state index in [0.717, 1.165) is 31.5 Å². The van der Waals surface area contributed by atoms with E-state index in [1.807, 2.05) is 0 Å². The van der Waals surface area contributed by atoms with Gasteiger partial charge in [0.15, 0.2) is 5.96 Å². The molecule has 154 valence electrons. The molecule has 2 N–H and O–H groups in total. The van der Waals surface area contributed by atoms with Crippen LogP contribution in [0.2, 0.25) is 0 Å². The minimum atomic E-state index is 0. The first kappa shape index (κ1) is 24.0. The van der Waals surface area contributed by atoms with Crippen LogP contribution in [0.25, 0.3) is 0 Å². The maximum absolute atomic E-state index is 4.82. The molecular weight excluding hydrogens is 437 g/mol. The molecule has 1 aliphatic heterocycles. The van der Waals surface area contributed by atoms with Gasteiger partial charge in [-0.15, -0.1) is 24.0 Å². The summed E-state index contributed by atoms with van der Waals surface area (Å²) in [5.74, 6) is 2.60. The van der Waals surface area contributed by atoms with E-state index in [0.29, 0.717) is 5.92 Å². The fraction of sp³-hybridized carbons (Fsp3) is 0.950. The van der Waals surface area contributed by atoms with E-state index in [4.69, 9.17) is 4.99 Å². The van der Waals surface area contributed by atoms with Crippen LogP contribution in [0.4, 0.5) is 0 Å². The molecule has 2 rings (SSSR count). The van der Waals surface area contributed by atoms with E-state index in [1.54, 1.807) is 0 Å². The molecule has 1 heterocycles. The van der Waals surface area contributed by atoms with Crippen LogP contribution in [0.5, 0.6) is 0 Å². The van der Waals surface area contributed by atoms with Crippen LogP contribution in [0.1, 0.15) is 52.4 Å². The van der Waals surface area contributed by atoms with Gasteiger partial charge in [-0.1, -0.05) is 32.6 Å². The number of aliphatic imine (C=N–C) groups is 1. The third-order valence-electron chi connectivity index (χ3n) is 5.63. The zero-order valence-electron chi connectivity index (χ0n) is 17.3. The minimum absolute atomic E-state index is 0. The number of halogens is 1. The number of hydrogen-bond acceptors (Lipinski definition) is 3. The monoisotopic (exact) mass is 479 g/mol. The Hall–Kier alpha value is -0.0800. The number of nitrogens with one attached hydrogen (secondary N) is 2. The number of likely N-dealkylation sites (N-methyl/N-ethyl adjacent to an activating group) is 1. The van der Waals surface area contributed by atoms with Crippen LogP contribution in [-0.4, -0.2) is 75.2 Å². The van der Waals surface area contributed by atoms with Gasteiger partial charge in [0.05, 0.1) is 0 Å². The van der Waals surface area contributed by atoms with E-state index in [2.05, 4.69) is 41.3 Å². The molecule has 1 aliphatic carbocycles. The van der Waals surface area contributed by atoms with E-state index in [1.165, 1.54) is 71.2 Å². The van der Waals surface area contributed by atoms with Crippen molar-refractivity contribution in [2.24, 2.45) is 16.8 Å². The summed E-state index contributed by atoms with van der Waals surface area (Å²) in [6.45, 7) is 13.3. The summed E-state index contributed by atoms with van der Waals surface area (Å²) in [6, 6.07) is 0. The van der Waals surface area contributed by atoms with Gasteiger partial charge in [0.25, 0.3) is 0 Å². The van der Waals surface area contributed by atoms with Crippen LogP contribution in [0, 0.1) is 11.8 Å². The molecule has 0 aromatic rings. The Morgan fingerprint density at radius 2 is 1.81 bits per heavy atom. The van der Waals surface area contributed by atoms with Gasteiger partial charge in [-0.05, 0) is 38.6 Å². The minimum Gasteiger partial charge on any atom is -0.357 e. The summed E-state index contributed by atoms with van der Waals surface area (Å²) >= 11 is 0. The van der Waals surface area contributed by atoms with Crippen molar-refractivity contribution in [3.8, 4) is 0 Å². The maximum Gasteiger partial charge on any atom is 0.191 e. The van der Waals surface area contributed by atoms with Crippen molar-refractivity contribution < 1.29 is 0 Å². The first-order chi connectivity index (χ1) is 12.2. The Balaban J connectivity index is 0.00000338. The Kier molecular flexibility index (Phi) is 12.9. The summed E-state index contributed by atoms with van der Waals surface area (Å²) in [7, 11) is 2.21. The van der Waals surface area contributed by atoms with Crippen LogP contribution < -0.4 is 10.6 Å². The van der Waals surface area contributed by atoms with Crippen molar-refractivity contribution in [1.29, 1.82) is 0 Å². The number of rotatable bonds is 9. The molecule has 26 heavy (non-hydrogen) atoms. The van der Waals surface area contributed by atoms with Crippen LogP contribution in [-0.2, 0) is 0 Å². The Morgan fingerprint density at radius 1 is 1.12 bits per heavy atom. The van der Waals surface area contributed by atoms with Crippen molar-refractivity contribution in [2.75, 3.05) is 59.4 Å². The molecule has 1 saturated carbocycles. The lowest BCUT2D eigenvalue weighted by atomic mass is 10.0. The first-order valence-electron chi connectivity index (χ1n) is 10.6. The molecule has 2 aliphatic rings. The number of nitrogens with zero attached hydrogens (tertiary/aromatic N) is 3. The zero-order chi connectivity index (χ0) is 17.9. The molecule has 0 amide bonds. The van der Waals surface area contributed by atoms with E-state index < -0.39 is 0 Å². The highest BCUT2D eigenvalue weighted by atomic mass is 127. The Labute approximate surface area is 178 Å². The van der Waals surface area contributed by atoms with E-state index in [9.17, 15) is 0 Å². The smallest absolute Gasteiger partial charge is 0.191 e. The topological polar surface area (TPSA) is 42.9 Å². The molecule has 1 saturated heterocycles. The molecule has 0 aromatic carbocycles. The van der Waals surface area contributed by atoms with Crippen molar-refractivity contribution in [3.63, 3.8) is 0 Å². The highest BCUT2D eigenvalue weighted by Crippen LogP contribution is 2.28. The average Bonchev–Trinajstić information content (AvgIpc) is 3.12. The van der Waals surface area contributed by atoms with Gasteiger partial charge in [-0.3, -0.25) is 4.99 Å². The molecular formula is C20H42IN5. The second-order valence-corrected chi connectivity index (χ2v) is 8.15. The second kappa shape index (κ2) is 14.0. The summed E-state index contributed by atoms with van der Waals surface area (Å²) < 4.78 is 0. The van der Waals surface area contributed by atoms with E-state index in [-0.39, 0.29) is 24.0 Å². The first-order valence-corrected chi connectivity index (χ1v) is 10.6. The van der Waals surface area contributed by atoms with Crippen LogP contribution in [0.15, 0.2) is 4.99 Å². The van der Waals surface area contributed by atoms with Gasteiger partial charge in [-0.2, -0.15) is 0 Å². The van der Waals surface area contributed by atoms with Gasteiger partial charge in [0, 0.05) is 52.4 Å². The van der Waals surface area contributed by atoms with Crippen molar-refractivity contribution in [2.45, 2.75) is 52.4 Å². The number of guanidine groups is 1. The fourth-order valence-corrected chi connectivity index (χ4v) is 4.01. The van der Waals surface area contributed by atoms with Crippen LogP contribution >= 0.6 is 24.0 Å². The highest BCUT2D eigenvalue weighted by Gasteiger charge is 2.16. The quantitative estimate of drug-likeness (QED) is 0.231. The van der Waals surface area contributed by atoms with Crippen molar-refractivity contribution in [3.05, 3.63) is 0 Å². The average molecular weight is 479 g/mol. The van der Waals surface area contributed by atoms with Gasteiger partial charge >= 0.3 is 0 Å². The van der Waals surface area contributed by atoms with Crippen molar-refractivity contribution >= 4 is 29.9 Å². The van der Waals surface area contributed by atoms with Gasteiger partial charge < -0.3 is 20.4 Å². The van der Waals surface area contributed by atoms with Gasteiger partial charge in [0.1, 0.15) is 0 Å². The zero-order valence-corrected chi connectivity index (χ0v) is 19.6. The van der Waals surface area contributed by atoms with Gasteiger partial charge in [-0.25, -0.2) is 0 Å². The lowest BCUT2D eigenvalue weighted by Gasteiger charge is -2.33. The third-order valence-corrected chi connectivity index (χ3v) is 5.63. The number of hydrogen-bond donors (Lipinski definition) is 2. The normalized spacial score (nSPS) is 21.4. The molecule has 6 heteroatoms. The molecule has 2 fully saturated rings. The predicted molar refractivity (Wildman–Crippen MR) is 124 cm³/mol. The molecule has 0 aromatic heterocycles. The molecule has 0 bridgehead atoms. The molecule has 0 radical (unpaired) electrons. The highest BCUT2D eigenvalue weighted by molar-refractivity contribution is 14.0. The Morgan fingerprint density at radius 3 is 2.46 bits per heavy atom. The third kappa shape index (κ3) is 9.74. The molecule has 1 atom stereocenters. The van der Waals surface area contributed by atoms with Crippen LogP contribution in [0.3, 0.4) is 0 Å². The van der Waals surface area contributed by atoms with Gasteiger partial charge in [0.2, 0.25) is 0 Å². The van der Waals surface area contributed by atoms with E-state index >= 15 is 0 Å². The summed E-state index contributed by atoms with van der Waals surface area (Å²) in [4.78, 5) is 9.82. The molecule has 5 nitrogen and oxygen atoms in total. The summed E-state index contributed by atoms with van der Waals surface area (Å²) in [5, 5.41) is 6.92. The predicted octanol–water partition coefficient (Wildman–Crippen LogP) is 3.01. The summed E-state index contributed by atoms with van der Waals surface area (Å²) in [5.41, 5.74) is 0. The Bertz CT molecular complexity index is 376. The lowest BCUT2D eigenvalue weighted by molar-refractivity contribution is 0.140. The second-order valence-electron chi connectivity index (χ2n) is 8.15. The molecule has 1 unspecified atom stereocenters. The molecule has 0 spiro atoms. The number of piperazine rings is 1. The lowest BCUT2D eigenvalue weighted by Crippen LogP contribution is -2.46.